The Bertz CT molecular complexity index is 555. The SMILES string of the molecule is CCc1nnc(COc2cc(Br)ccc2[C@@H](C)O)o1. The summed E-state index contributed by atoms with van der Waals surface area (Å²) < 4.78 is 11.9. The number of aryl methyl sites for hydroxylation is 1. The Hall–Kier alpha value is -1.40. The van der Waals surface area contributed by atoms with Crippen LogP contribution in [0.1, 0.15) is 37.3 Å². The summed E-state index contributed by atoms with van der Waals surface area (Å²) in [5.41, 5.74) is 0.721. The lowest BCUT2D eigenvalue weighted by molar-refractivity contribution is 0.186. The fourth-order valence-corrected chi connectivity index (χ4v) is 1.95. The third-order valence-corrected chi connectivity index (χ3v) is 3.08. The minimum atomic E-state index is -0.600. The number of aliphatic hydroxyl groups excluding tert-OH is 1. The molecule has 0 saturated heterocycles. The smallest absolute Gasteiger partial charge is 0.253 e. The number of ether oxygens (including phenoxy) is 1. The van der Waals surface area contributed by atoms with Gasteiger partial charge in [-0.05, 0) is 19.1 Å². The van der Waals surface area contributed by atoms with Crippen LogP contribution >= 0.6 is 15.9 Å². The summed E-state index contributed by atoms with van der Waals surface area (Å²) in [5.74, 6) is 1.61. The predicted octanol–water partition coefficient (Wildman–Crippen LogP) is 3.03. The zero-order valence-electron chi connectivity index (χ0n) is 10.8. The van der Waals surface area contributed by atoms with E-state index in [9.17, 15) is 5.11 Å². The minimum absolute atomic E-state index is 0.184. The van der Waals surface area contributed by atoms with E-state index in [1.165, 1.54) is 0 Å². The van der Waals surface area contributed by atoms with Crippen molar-refractivity contribution < 1.29 is 14.3 Å². The van der Waals surface area contributed by atoms with Gasteiger partial charge >= 0.3 is 0 Å². The van der Waals surface area contributed by atoms with Gasteiger partial charge in [0.1, 0.15) is 5.75 Å². The molecule has 0 unspecified atom stereocenters. The fourth-order valence-electron chi connectivity index (χ4n) is 1.61. The van der Waals surface area contributed by atoms with E-state index in [-0.39, 0.29) is 6.61 Å². The number of aromatic nitrogens is 2. The second kappa shape index (κ2) is 6.16. The van der Waals surface area contributed by atoms with E-state index in [2.05, 4.69) is 26.1 Å². The molecule has 19 heavy (non-hydrogen) atoms. The zero-order valence-corrected chi connectivity index (χ0v) is 12.3. The van der Waals surface area contributed by atoms with E-state index in [1.807, 2.05) is 19.1 Å². The van der Waals surface area contributed by atoms with Gasteiger partial charge in [0.25, 0.3) is 5.89 Å². The lowest BCUT2D eigenvalue weighted by atomic mass is 10.1. The van der Waals surface area contributed by atoms with Crippen LogP contribution < -0.4 is 4.74 Å². The van der Waals surface area contributed by atoms with Gasteiger partial charge in [-0.3, -0.25) is 0 Å². The number of aliphatic hydroxyl groups is 1. The second-order valence-corrected chi connectivity index (χ2v) is 5.01. The summed E-state index contributed by atoms with van der Waals surface area (Å²) in [4.78, 5) is 0. The highest BCUT2D eigenvalue weighted by Crippen LogP contribution is 2.29. The lowest BCUT2D eigenvalue weighted by Crippen LogP contribution is -2.01. The van der Waals surface area contributed by atoms with E-state index in [4.69, 9.17) is 9.15 Å². The standard InChI is InChI=1S/C13H15BrN2O3/c1-3-12-15-16-13(19-12)7-18-11-6-9(14)4-5-10(11)8(2)17/h4-6,8,17H,3,7H2,1-2H3/t8-/m1/s1. The number of rotatable bonds is 5. The summed E-state index contributed by atoms with van der Waals surface area (Å²) in [6.45, 7) is 3.82. The van der Waals surface area contributed by atoms with E-state index >= 15 is 0 Å². The van der Waals surface area contributed by atoms with Crippen LogP contribution in [0.15, 0.2) is 27.1 Å². The molecule has 0 bridgehead atoms. The number of halogens is 1. The average molecular weight is 327 g/mol. The quantitative estimate of drug-likeness (QED) is 0.914. The van der Waals surface area contributed by atoms with E-state index in [0.717, 1.165) is 10.0 Å². The van der Waals surface area contributed by atoms with Crippen LogP contribution in [-0.2, 0) is 13.0 Å². The van der Waals surface area contributed by atoms with Crippen molar-refractivity contribution in [2.45, 2.75) is 33.0 Å². The molecule has 5 nitrogen and oxygen atoms in total. The summed E-state index contributed by atoms with van der Waals surface area (Å²) >= 11 is 3.37. The molecule has 1 atom stereocenters. The minimum Gasteiger partial charge on any atom is -0.483 e. The van der Waals surface area contributed by atoms with Crippen molar-refractivity contribution in [3.05, 3.63) is 40.0 Å². The third kappa shape index (κ3) is 3.54. The van der Waals surface area contributed by atoms with Crippen molar-refractivity contribution >= 4 is 15.9 Å². The lowest BCUT2D eigenvalue weighted by Gasteiger charge is -2.12. The Balaban J connectivity index is 2.12. The Morgan fingerprint density at radius 2 is 2.11 bits per heavy atom. The summed E-state index contributed by atoms with van der Waals surface area (Å²) in [6, 6.07) is 5.48. The Kier molecular flexibility index (Phi) is 4.55. The highest BCUT2D eigenvalue weighted by Gasteiger charge is 2.11. The van der Waals surface area contributed by atoms with Crippen molar-refractivity contribution in [3.63, 3.8) is 0 Å². The Morgan fingerprint density at radius 1 is 1.37 bits per heavy atom. The largest absolute Gasteiger partial charge is 0.483 e. The molecule has 0 saturated carbocycles. The molecular formula is C13H15BrN2O3. The Labute approximate surface area is 119 Å². The topological polar surface area (TPSA) is 68.4 Å². The maximum atomic E-state index is 9.69. The van der Waals surface area contributed by atoms with Crippen molar-refractivity contribution in [2.24, 2.45) is 0 Å². The van der Waals surface area contributed by atoms with E-state index in [1.54, 1.807) is 13.0 Å². The van der Waals surface area contributed by atoms with E-state index in [0.29, 0.717) is 24.0 Å². The summed E-state index contributed by atoms with van der Waals surface area (Å²) in [5, 5.41) is 17.4. The summed E-state index contributed by atoms with van der Waals surface area (Å²) in [6.07, 6.45) is 0.0972. The molecule has 1 aromatic carbocycles. The Morgan fingerprint density at radius 3 is 2.74 bits per heavy atom. The number of hydrogen-bond donors (Lipinski definition) is 1. The molecule has 0 aliphatic carbocycles. The number of nitrogens with zero attached hydrogens (tertiary/aromatic N) is 2. The normalized spacial score (nSPS) is 12.4. The van der Waals surface area contributed by atoms with Gasteiger partial charge in [0.05, 0.1) is 6.10 Å². The van der Waals surface area contributed by atoms with Crippen LogP contribution in [0.25, 0.3) is 0 Å². The van der Waals surface area contributed by atoms with Gasteiger partial charge in [-0.1, -0.05) is 28.9 Å². The van der Waals surface area contributed by atoms with Gasteiger partial charge in [-0.15, -0.1) is 10.2 Å². The van der Waals surface area contributed by atoms with Gasteiger partial charge in [0.15, 0.2) is 6.61 Å². The molecule has 2 aromatic rings. The van der Waals surface area contributed by atoms with Crippen molar-refractivity contribution in [2.75, 3.05) is 0 Å². The van der Waals surface area contributed by atoms with Gasteiger partial charge < -0.3 is 14.3 Å². The third-order valence-electron chi connectivity index (χ3n) is 2.59. The fraction of sp³-hybridized carbons (Fsp3) is 0.385. The maximum absolute atomic E-state index is 9.69. The first kappa shape index (κ1) is 14.0. The van der Waals surface area contributed by atoms with Crippen LogP contribution in [0.5, 0.6) is 5.75 Å². The molecule has 0 aliphatic heterocycles. The molecule has 0 radical (unpaired) electrons. The van der Waals surface area contributed by atoms with Crippen LogP contribution in [0.3, 0.4) is 0 Å². The van der Waals surface area contributed by atoms with Crippen molar-refractivity contribution in [1.82, 2.24) is 10.2 Å². The first-order chi connectivity index (χ1) is 9.10. The monoisotopic (exact) mass is 326 g/mol. The molecule has 1 aromatic heterocycles. The molecule has 6 heteroatoms. The summed E-state index contributed by atoms with van der Waals surface area (Å²) in [7, 11) is 0. The average Bonchev–Trinajstić information content (AvgIpc) is 2.84. The molecule has 1 heterocycles. The van der Waals surface area contributed by atoms with Crippen LogP contribution in [-0.4, -0.2) is 15.3 Å². The van der Waals surface area contributed by atoms with Crippen LogP contribution in [0.2, 0.25) is 0 Å². The molecule has 0 spiro atoms. The maximum Gasteiger partial charge on any atom is 0.253 e. The van der Waals surface area contributed by atoms with Gasteiger partial charge in [-0.25, -0.2) is 0 Å². The molecule has 0 fully saturated rings. The first-order valence-electron chi connectivity index (χ1n) is 6.01. The van der Waals surface area contributed by atoms with E-state index < -0.39 is 6.10 Å². The number of benzene rings is 1. The molecule has 0 amide bonds. The molecule has 2 rings (SSSR count). The molecular weight excluding hydrogens is 312 g/mol. The van der Waals surface area contributed by atoms with Gasteiger partial charge in [0.2, 0.25) is 5.89 Å². The molecule has 102 valence electrons. The number of hydrogen-bond acceptors (Lipinski definition) is 5. The van der Waals surface area contributed by atoms with Crippen molar-refractivity contribution in [3.8, 4) is 5.75 Å². The van der Waals surface area contributed by atoms with Crippen molar-refractivity contribution in [1.29, 1.82) is 0 Å². The van der Waals surface area contributed by atoms with Gasteiger partial charge in [0, 0.05) is 16.5 Å². The van der Waals surface area contributed by atoms with Gasteiger partial charge in [-0.2, -0.15) is 0 Å². The molecule has 0 aliphatic rings. The van der Waals surface area contributed by atoms with Crippen LogP contribution in [0, 0.1) is 0 Å². The van der Waals surface area contributed by atoms with Crippen LogP contribution in [0.4, 0.5) is 0 Å². The predicted molar refractivity (Wildman–Crippen MR) is 72.8 cm³/mol. The molecule has 1 N–H and O–H groups in total. The highest BCUT2D eigenvalue weighted by atomic mass is 79.9. The highest BCUT2D eigenvalue weighted by molar-refractivity contribution is 9.10. The zero-order chi connectivity index (χ0) is 13.8. The first-order valence-corrected chi connectivity index (χ1v) is 6.81. The second-order valence-electron chi connectivity index (χ2n) is 4.09.